The van der Waals surface area contributed by atoms with Crippen molar-refractivity contribution in [2.45, 2.75) is 33.2 Å². The first-order chi connectivity index (χ1) is 10.1. The number of aromatic nitrogens is 4. The van der Waals surface area contributed by atoms with E-state index in [1.807, 2.05) is 13.8 Å². The third-order valence-corrected chi connectivity index (χ3v) is 4.70. The van der Waals surface area contributed by atoms with E-state index in [-0.39, 0.29) is 5.56 Å². The van der Waals surface area contributed by atoms with Gasteiger partial charge in [0.05, 0.1) is 5.69 Å². The predicted molar refractivity (Wildman–Crippen MR) is 82.8 cm³/mol. The van der Waals surface area contributed by atoms with Crippen LogP contribution in [-0.4, -0.2) is 32.2 Å². The van der Waals surface area contributed by atoms with Gasteiger partial charge in [0.2, 0.25) is 5.13 Å². The topological polar surface area (TPSA) is 63.9 Å². The SMILES string of the molecule is Cc1ccc(=O)n(CC2CCN(c3nc(C)ns3)CC2)n1. The van der Waals surface area contributed by atoms with Crippen LogP contribution in [0.25, 0.3) is 0 Å². The normalized spacial score (nSPS) is 16.4. The summed E-state index contributed by atoms with van der Waals surface area (Å²) in [5.74, 6) is 1.34. The van der Waals surface area contributed by atoms with Crippen LogP contribution in [0.15, 0.2) is 16.9 Å². The lowest BCUT2D eigenvalue weighted by Gasteiger charge is -2.31. The summed E-state index contributed by atoms with van der Waals surface area (Å²) in [6.07, 6.45) is 2.11. The van der Waals surface area contributed by atoms with Crippen molar-refractivity contribution in [3.63, 3.8) is 0 Å². The van der Waals surface area contributed by atoms with Crippen molar-refractivity contribution in [3.05, 3.63) is 34.0 Å². The van der Waals surface area contributed by atoms with Gasteiger partial charge in [-0.05, 0) is 38.7 Å². The van der Waals surface area contributed by atoms with Crippen LogP contribution in [0.2, 0.25) is 0 Å². The van der Waals surface area contributed by atoms with E-state index in [2.05, 4.69) is 19.4 Å². The zero-order valence-corrected chi connectivity index (χ0v) is 13.1. The average Bonchev–Trinajstić information content (AvgIpc) is 2.90. The van der Waals surface area contributed by atoms with Crippen molar-refractivity contribution < 1.29 is 0 Å². The van der Waals surface area contributed by atoms with Gasteiger partial charge in [-0.1, -0.05) is 0 Å². The number of anilines is 1. The first kappa shape index (κ1) is 14.2. The minimum Gasteiger partial charge on any atom is -0.347 e. The van der Waals surface area contributed by atoms with Gasteiger partial charge in [0.1, 0.15) is 5.82 Å². The molecule has 0 saturated carbocycles. The number of hydrogen-bond acceptors (Lipinski definition) is 6. The lowest BCUT2D eigenvalue weighted by atomic mass is 9.97. The van der Waals surface area contributed by atoms with Gasteiger partial charge >= 0.3 is 0 Å². The second kappa shape index (κ2) is 5.93. The molecule has 7 heteroatoms. The van der Waals surface area contributed by atoms with E-state index in [1.54, 1.807) is 16.8 Å². The Kier molecular flexibility index (Phi) is 4.01. The van der Waals surface area contributed by atoms with Crippen molar-refractivity contribution in [2.75, 3.05) is 18.0 Å². The summed E-state index contributed by atoms with van der Waals surface area (Å²) in [5.41, 5.74) is 0.874. The fraction of sp³-hybridized carbons (Fsp3) is 0.571. The van der Waals surface area contributed by atoms with Gasteiger partial charge in [-0.2, -0.15) is 9.47 Å². The van der Waals surface area contributed by atoms with E-state index in [4.69, 9.17) is 0 Å². The molecule has 21 heavy (non-hydrogen) atoms. The monoisotopic (exact) mass is 305 g/mol. The third-order valence-electron chi connectivity index (χ3n) is 3.83. The van der Waals surface area contributed by atoms with E-state index in [9.17, 15) is 4.79 Å². The standard InChI is InChI=1S/C14H19N5OS/c1-10-3-4-13(20)19(16-10)9-12-5-7-18(8-6-12)14-15-11(2)17-21-14/h3-4,12H,5-9H2,1-2H3. The van der Waals surface area contributed by atoms with Gasteiger partial charge in [-0.3, -0.25) is 4.79 Å². The minimum atomic E-state index is -0.0113. The Balaban J connectivity index is 1.61. The largest absolute Gasteiger partial charge is 0.347 e. The minimum absolute atomic E-state index is 0.0113. The molecule has 0 atom stereocenters. The highest BCUT2D eigenvalue weighted by Crippen LogP contribution is 2.25. The highest BCUT2D eigenvalue weighted by Gasteiger charge is 2.22. The molecule has 0 N–H and O–H groups in total. The molecule has 0 aromatic carbocycles. The summed E-state index contributed by atoms with van der Waals surface area (Å²) in [6, 6.07) is 3.36. The molecular formula is C14H19N5OS. The molecule has 6 nitrogen and oxygen atoms in total. The molecule has 0 amide bonds. The summed E-state index contributed by atoms with van der Waals surface area (Å²) in [7, 11) is 0. The molecular weight excluding hydrogens is 286 g/mol. The molecule has 0 unspecified atom stereocenters. The maximum atomic E-state index is 11.8. The van der Waals surface area contributed by atoms with Crippen molar-refractivity contribution in [1.29, 1.82) is 0 Å². The van der Waals surface area contributed by atoms with Crippen molar-refractivity contribution in [1.82, 2.24) is 19.1 Å². The van der Waals surface area contributed by atoms with Crippen LogP contribution in [0.5, 0.6) is 0 Å². The van der Waals surface area contributed by atoms with E-state index < -0.39 is 0 Å². The third kappa shape index (κ3) is 3.29. The van der Waals surface area contributed by atoms with Crippen molar-refractivity contribution >= 4 is 16.7 Å². The Morgan fingerprint density at radius 3 is 2.71 bits per heavy atom. The van der Waals surface area contributed by atoms with Crippen molar-refractivity contribution in [2.24, 2.45) is 5.92 Å². The van der Waals surface area contributed by atoms with Gasteiger partial charge in [-0.25, -0.2) is 9.67 Å². The number of nitrogens with zero attached hydrogens (tertiary/aromatic N) is 5. The smallest absolute Gasteiger partial charge is 0.266 e. The van der Waals surface area contributed by atoms with Gasteiger partial charge in [0.25, 0.3) is 5.56 Å². The number of hydrogen-bond donors (Lipinski definition) is 0. The van der Waals surface area contributed by atoms with Gasteiger partial charge in [0, 0.05) is 37.2 Å². The second-order valence-electron chi connectivity index (χ2n) is 5.55. The molecule has 2 aromatic heterocycles. The average molecular weight is 305 g/mol. The number of rotatable bonds is 3. The summed E-state index contributed by atoms with van der Waals surface area (Å²) in [5, 5.41) is 5.33. The van der Waals surface area contributed by atoms with Crippen LogP contribution in [-0.2, 0) is 6.54 Å². The molecule has 1 fully saturated rings. The summed E-state index contributed by atoms with van der Waals surface area (Å²) >= 11 is 1.46. The summed E-state index contributed by atoms with van der Waals surface area (Å²) in [4.78, 5) is 18.5. The summed E-state index contributed by atoms with van der Waals surface area (Å²) in [6.45, 7) is 6.49. The maximum absolute atomic E-state index is 11.8. The Bertz CT molecular complexity index is 672. The van der Waals surface area contributed by atoms with E-state index in [0.29, 0.717) is 12.5 Å². The Hall–Kier alpha value is -1.76. The predicted octanol–water partition coefficient (Wildman–Crippen LogP) is 1.63. The fourth-order valence-electron chi connectivity index (χ4n) is 2.65. The molecule has 3 heterocycles. The zero-order valence-electron chi connectivity index (χ0n) is 12.3. The molecule has 0 spiro atoms. The Morgan fingerprint density at radius 2 is 2.05 bits per heavy atom. The Morgan fingerprint density at radius 1 is 1.29 bits per heavy atom. The van der Waals surface area contributed by atoms with Crippen LogP contribution in [0, 0.1) is 19.8 Å². The number of aryl methyl sites for hydroxylation is 2. The molecule has 0 aliphatic carbocycles. The highest BCUT2D eigenvalue weighted by molar-refractivity contribution is 7.09. The fourth-order valence-corrected chi connectivity index (χ4v) is 3.37. The van der Waals surface area contributed by atoms with Crippen LogP contribution >= 0.6 is 11.5 Å². The van der Waals surface area contributed by atoms with Crippen LogP contribution in [0.4, 0.5) is 5.13 Å². The first-order valence-electron chi connectivity index (χ1n) is 7.22. The molecule has 1 saturated heterocycles. The van der Waals surface area contributed by atoms with Crippen LogP contribution in [0.1, 0.15) is 24.4 Å². The molecule has 3 rings (SSSR count). The molecule has 0 bridgehead atoms. The van der Waals surface area contributed by atoms with Gasteiger partial charge in [-0.15, -0.1) is 0 Å². The molecule has 112 valence electrons. The Labute approximate surface area is 127 Å². The first-order valence-corrected chi connectivity index (χ1v) is 7.99. The maximum Gasteiger partial charge on any atom is 0.266 e. The van der Waals surface area contributed by atoms with Crippen LogP contribution < -0.4 is 10.5 Å². The van der Waals surface area contributed by atoms with E-state index in [1.165, 1.54) is 11.5 Å². The van der Waals surface area contributed by atoms with Crippen molar-refractivity contribution in [3.8, 4) is 0 Å². The molecule has 0 radical (unpaired) electrons. The molecule has 1 aliphatic rings. The highest BCUT2D eigenvalue weighted by atomic mass is 32.1. The second-order valence-corrected chi connectivity index (χ2v) is 6.28. The quantitative estimate of drug-likeness (QED) is 0.862. The lowest BCUT2D eigenvalue weighted by molar-refractivity contribution is 0.334. The number of piperidine rings is 1. The zero-order chi connectivity index (χ0) is 14.8. The lowest BCUT2D eigenvalue weighted by Crippen LogP contribution is -2.36. The van der Waals surface area contributed by atoms with Gasteiger partial charge < -0.3 is 4.90 Å². The molecule has 1 aliphatic heterocycles. The van der Waals surface area contributed by atoms with E-state index in [0.717, 1.165) is 42.6 Å². The molecule has 2 aromatic rings. The van der Waals surface area contributed by atoms with E-state index >= 15 is 0 Å². The van der Waals surface area contributed by atoms with Gasteiger partial charge in [0.15, 0.2) is 0 Å². The summed E-state index contributed by atoms with van der Waals surface area (Å²) < 4.78 is 5.84. The van der Waals surface area contributed by atoms with Crippen LogP contribution in [0.3, 0.4) is 0 Å².